The zero-order chi connectivity index (χ0) is 37.5. The number of amides is 2. The monoisotopic (exact) mass is 734 g/mol. The molecule has 54 heavy (non-hydrogen) atoms. The molecule has 0 bridgehead atoms. The lowest BCUT2D eigenvalue weighted by molar-refractivity contribution is -0.146. The summed E-state index contributed by atoms with van der Waals surface area (Å²) in [5.74, 6) is 0.414. The van der Waals surface area contributed by atoms with Crippen molar-refractivity contribution in [2.45, 2.75) is 102 Å². The van der Waals surface area contributed by atoms with Gasteiger partial charge in [-0.05, 0) is 94.5 Å². The third-order valence-electron chi connectivity index (χ3n) is 13.2. The first kappa shape index (κ1) is 35.3. The van der Waals surface area contributed by atoms with Gasteiger partial charge in [0.2, 0.25) is 11.8 Å². The lowest BCUT2D eigenvalue weighted by atomic mass is 9.72. The summed E-state index contributed by atoms with van der Waals surface area (Å²) < 4.78 is 22.4. The number of ether oxygens (including phenoxy) is 1. The number of fused-ring (bicyclic) bond motifs is 3. The maximum atomic E-state index is 15.0. The van der Waals surface area contributed by atoms with E-state index in [-0.39, 0.29) is 41.6 Å². The highest BCUT2D eigenvalue weighted by Gasteiger charge is 2.56. The van der Waals surface area contributed by atoms with Gasteiger partial charge in [0.25, 0.3) is 0 Å². The van der Waals surface area contributed by atoms with Crippen LogP contribution in [0.15, 0.2) is 49.1 Å². The van der Waals surface area contributed by atoms with Crippen molar-refractivity contribution in [2.24, 2.45) is 11.3 Å². The van der Waals surface area contributed by atoms with Crippen LogP contribution in [0.25, 0.3) is 22.3 Å². The molecule has 2 aliphatic carbocycles. The Bertz CT molecular complexity index is 2110. The van der Waals surface area contributed by atoms with E-state index in [4.69, 9.17) is 14.7 Å². The van der Waals surface area contributed by atoms with Gasteiger partial charge in [-0.2, -0.15) is 0 Å². The molecule has 2 saturated heterocycles. The fourth-order valence-corrected chi connectivity index (χ4v) is 9.75. The number of methoxy groups -OCH3 is 1. The molecule has 5 aliphatic rings. The van der Waals surface area contributed by atoms with Crippen LogP contribution >= 0.6 is 0 Å². The van der Waals surface area contributed by atoms with Crippen LogP contribution in [-0.2, 0) is 19.7 Å². The zero-order valence-electron chi connectivity index (χ0n) is 32.0. The number of hydrogen-bond donors (Lipinski definition) is 1. The van der Waals surface area contributed by atoms with Crippen LogP contribution in [-0.4, -0.2) is 92.6 Å². The Hall–Kier alpha value is -4.42. The summed E-state index contributed by atoms with van der Waals surface area (Å²) in [6.07, 6.45) is 10.6. The molecule has 3 aromatic heterocycles. The van der Waals surface area contributed by atoms with E-state index in [1.165, 1.54) is 12.6 Å². The number of halogens is 1. The average Bonchev–Trinajstić information content (AvgIpc) is 3.78. The summed E-state index contributed by atoms with van der Waals surface area (Å²) in [7, 11) is 1.71. The summed E-state index contributed by atoms with van der Waals surface area (Å²) in [5.41, 5.74) is 5.02. The highest BCUT2D eigenvalue weighted by molar-refractivity contribution is 6.09. The fourth-order valence-electron chi connectivity index (χ4n) is 9.75. The van der Waals surface area contributed by atoms with Crippen LogP contribution in [0.4, 0.5) is 21.6 Å². The molecule has 6 heterocycles. The van der Waals surface area contributed by atoms with Crippen molar-refractivity contribution in [3.63, 3.8) is 0 Å². The molecule has 4 aromatic rings. The van der Waals surface area contributed by atoms with E-state index >= 15 is 0 Å². The van der Waals surface area contributed by atoms with Gasteiger partial charge >= 0.3 is 0 Å². The lowest BCUT2D eigenvalue weighted by Gasteiger charge is -2.47. The molecule has 0 unspecified atom stereocenters. The van der Waals surface area contributed by atoms with Crippen molar-refractivity contribution in [3.05, 3.63) is 60.4 Å². The molecule has 9 rings (SSSR count). The second kappa shape index (κ2) is 13.1. The minimum Gasteiger partial charge on any atom is -0.381 e. The highest BCUT2D eigenvalue weighted by Crippen LogP contribution is 2.53. The second-order valence-corrected chi connectivity index (χ2v) is 17.5. The van der Waals surface area contributed by atoms with Gasteiger partial charge < -0.3 is 24.4 Å². The summed E-state index contributed by atoms with van der Waals surface area (Å²) in [5, 5.41) is 3.24. The number of hydrogen-bond acceptors (Lipinski definition) is 8. The third kappa shape index (κ3) is 5.79. The van der Waals surface area contributed by atoms with Crippen molar-refractivity contribution in [1.82, 2.24) is 29.3 Å². The SMILES string of the molecule is COC1CC(C(=O)N2CCC3(CC2)C(=O)N([C@H]2C[C@@H](N4CCC(C)(C)C4)C2)c2cc(-c4cc5ncn(C(C)C)c5c(Nc5ccncc5F)n4)ccc23)C1. The van der Waals surface area contributed by atoms with Gasteiger partial charge in [0.15, 0.2) is 11.6 Å². The van der Waals surface area contributed by atoms with Crippen LogP contribution in [0.3, 0.4) is 0 Å². The number of nitrogens with one attached hydrogen (secondary N) is 1. The van der Waals surface area contributed by atoms with Crippen molar-refractivity contribution in [3.8, 4) is 11.3 Å². The van der Waals surface area contributed by atoms with Crippen LogP contribution in [0, 0.1) is 17.2 Å². The Morgan fingerprint density at radius 2 is 1.80 bits per heavy atom. The molecule has 284 valence electrons. The minimum absolute atomic E-state index is 0.0169. The number of nitrogens with zero attached hydrogens (tertiary/aromatic N) is 7. The fraction of sp³-hybridized carbons (Fsp3) is 0.548. The molecule has 1 aromatic carbocycles. The van der Waals surface area contributed by atoms with Gasteiger partial charge in [0, 0.05) is 68.2 Å². The molecule has 12 heteroatoms. The first-order chi connectivity index (χ1) is 25.9. The number of carbonyl (C=O) groups is 2. The van der Waals surface area contributed by atoms with E-state index in [2.05, 4.69) is 66.0 Å². The van der Waals surface area contributed by atoms with Crippen LogP contribution < -0.4 is 10.2 Å². The quantitative estimate of drug-likeness (QED) is 0.210. The Morgan fingerprint density at radius 3 is 2.48 bits per heavy atom. The summed E-state index contributed by atoms with van der Waals surface area (Å²) in [6, 6.07) is 10.6. The van der Waals surface area contributed by atoms with Crippen LogP contribution in [0.2, 0.25) is 0 Å². The number of pyridine rings is 2. The van der Waals surface area contributed by atoms with E-state index in [0.717, 1.165) is 66.6 Å². The van der Waals surface area contributed by atoms with Gasteiger partial charge in [-0.25, -0.2) is 14.4 Å². The van der Waals surface area contributed by atoms with Crippen molar-refractivity contribution in [1.29, 1.82) is 0 Å². The van der Waals surface area contributed by atoms with E-state index in [1.807, 2.05) is 15.5 Å². The number of imidazole rings is 1. The van der Waals surface area contributed by atoms with Gasteiger partial charge in [-0.1, -0.05) is 26.0 Å². The predicted molar refractivity (Wildman–Crippen MR) is 206 cm³/mol. The molecule has 2 amide bonds. The predicted octanol–water partition coefficient (Wildman–Crippen LogP) is 6.85. The number of rotatable bonds is 8. The molecule has 0 atom stereocenters. The molecule has 1 N–H and O–H groups in total. The molecule has 0 radical (unpaired) electrons. The molecular formula is C42H51FN8O3. The van der Waals surface area contributed by atoms with Crippen molar-refractivity contribution >= 4 is 40.0 Å². The van der Waals surface area contributed by atoms with E-state index in [1.54, 1.807) is 25.7 Å². The first-order valence-corrected chi connectivity index (χ1v) is 19.7. The molecule has 2 saturated carbocycles. The van der Waals surface area contributed by atoms with E-state index < -0.39 is 11.2 Å². The number of piperidine rings is 1. The lowest BCUT2D eigenvalue weighted by Crippen LogP contribution is -2.58. The number of likely N-dealkylation sites (tertiary alicyclic amines) is 2. The maximum absolute atomic E-state index is 15.0. The largest absolute Gasteiger partial charge is 0.381 e. The summed E-state index contributed by atoms with van der Waals surface area (Å²) >= 11 is 0. The van der Waals surface area contributed by atoms with Gasteiger partial charge in [0.1, 0.15) is 5.52 Å². The summed E-state index contributed by atoms with van der Waals surface area (Å²) in [6.45, 7) is 12.2. The smallest absolute Gasteiger partial charge is 0.238 e. The number of benzene rings is 1. The topological polar surface area (TPSA) is 109 Å². The standard InChI is InChI=1S/C42H51FN8O3/c1-25(2)50-24-45-35-21-34(47-38(37(35)50)46-33-8-12-44-22-32(33)43)26-6-7-31-36(18-26)51(29-19-28(20-29)49-13-9-41(3,4)23-49)40(53)42(31)10-14-48(15-11-42)39(52)27-16-30(17-27)54-5/h6-8,12,18,21-22,24-25,27-30H,9-11,13-17,19-20,23H2,1-5H3,(H,44,46,47)/t27?,28-,29+,30?. The normalized spacial score (nSPS) is 26.0. The maximum Gasteiger partial charge on any atom is 0.238 e. The molecule has 4 fully saturated rings. The van der Waals surface area contributed by atoms with Crippen molar-refractivity contribution < 1.29 is 18.7 Å². The molecule has 3 aliphatic heterocycles. The Balaban J connectivity index is 1.06. The highest BCUT2D eigenvalue weighted by atomic mass is 19.1. The van der Waals surface area contributed by atoms with E-state index in [0.29, 0.717) is 48.9 Å². The number of carbonyl (C=O) groups excluding carboxylic acids is 2. The average molecular weight is 735 g/mol. The number of aromatic nitrogens is 4. The van der Waals surface area contributed by atoms with Gasteiger partial charge in [-0.15, -0.1) is 0 Å². The molecule has 11 nitrogen and oxygen atoms in total. The Labute approximate surface area is 316 Å². The second-order valence-electron chi connectivity index (χ2n) is 17.5. The van der Waals surface area contributed by atoms with Gasteiger partial charge in [0.05, 0.1) is 40.9 Å². The minimum atomic E-state index is -0.668. The van der Waals surface area contributed by atoms with Crippen LogP contribution in [0.1, 0.15) is 84.2 Å². The molecular weight excluding hydrogens is 684 g/mol. The number of anilines is 3. The van der Waals surface area contributed by atoms with Gasteiger partial charge in [-0.3, -0.25) is 19.5 Å². The van der Waals surface area contributed by atoms with Crippen LogP contribution in [0.5, 0.6) is 0 Å². The molecule has 1 spiro atoms. The first-order valence-electron chi connectivity index (χ1n) is 19.7. The van der Waals surface area contributed by atoms with Crippen molar-refractivity contribution in [2.75, 3.05) is 43.5 Å². The Morgan fingerprint density at radius 1 is 1.02 bits per heavy atom. The third-order valence-corrected chi connectivity index (χ3v) is 13.2. The summed E-state index contributed by atoms with van der Waals surface area (Å²) in [4.78, 5) is 48.9. The zero-order valence-corrected chi connectivity index (χ0v) is 32.0. The van der Waals surface area contributed by atoms with E-state index in [9.17, 15) is 14.0 Å². The Kier molecular flexibility index (Phi) is 8.57.